The summed E-state index contributed by atoms with van der Waals surface area (Å²) >= 11 is 0. The predicted octanol–water partition coefficient (Wildman–Crippen LogP) is 3.22. The Kier molecular flexibility index (Phi) is 5.75. The molecule has 24 heavy (non-hydrogen) atoms. The normalized spacial score (nSPS) is 12.0. The Labute approximate surface area is 143 Å². The maximum atomic E-state index is 12.4. The number of nitrogens with zero attached hydrogens (tertiary/aromatic N) is 3. The lowest BCUT2D eigenvalue weighted by molar-refractivity contribution is 0.0942. The number of rotatable bonds is 6. The summed E-state index contributed by atoms with van der Waals surface area (Å²) < 4.78 is 1.92. The van der Waals surface area contributed by atoms with Crippen LogP contribution < -0.4 is 5.32 Å². The molecule has 0 saturated carbocycles. The number of carbonyl (C=O) groups is 1. The lowest BCUT2D eigenvalue weighted by Crippen LogP contribution is -2.34. The number of aryl methyl sites for hydroxylation is 2. The van der Waals surface area contributed by atoms with Crippen LogP contribution in [-0.4, -0.2) is 21.7 Å². The molecule has 1 aromatic heterocycles. The van der Waals surface area contributed by atoms with Gasteiger partial charge >= 0.3 is 0 Å². The van der Waals surface area contributed by atoms with E-state index >= 15 is 0 Å². The molecule has 0 fully saturated rings. The molecule has 1 aromatic carbocycles. The van der Waals surface area contributed by atoms with Crippen molar-refractivity contribution in [1.82, 2.24) is 15.1 Å². The molecule has 0 spiro atoms. The minimum Gasteiger partial charge on any atom is -0.336 e. The van der Waals surface area contributed by atoms with Gasteiger partial charge in [-0.1, -0.05) is 26.0 Å². The molecule has 0 saturated heterocycles. The smallest absolute Gasteiger partial charge is 0.252 e. The Balaban J connectivity index is 2.10. The quantitative estimate of drug-likeness (QED) is 0.887. The van der Waals surface area contributed by atoms with Crippen LogP contribution in [0.5, 0.6) is 0 Å². The Morgan fingerprint density at radius 1 is 1.33 bits per heavy atom. The average Bonchev–Trinajstić information content (AvgIpc) is 2.84. The summed E-state index contributed by atoms with van der Waals surface area (Å²) in [4.78, 5) is 12.4. The summed E-state index contributed by atoms with van der Waals surface area (Å²) in [7, 11) is 0. The fourth-order valence-electron chi connectivity index (χ4n) is 2.68. The monoisotopic (exact) mass is 324 g/mol. The molecule has 0 bridgehead atoms. The maximum absolute atomic E-state index is 12.4. The highest BCUT2D eigenvalue weighted by Crippen LogP contribution is 2.11. The van der Waals surface area contributed by atoms with Crippen molar-refractivity contribution in [2.75, 3.05) is 0 Å². The van der Waals surface area contributed by atoms with Crippen molar-refractivity contribution >= 4 is 5.91 Å². The first kappa shape index (κ1) is 17.7. The number of nitriles is 1. The topological polar surface area (TPSA) is 70.7 Å². The molecule has 0 radical (unpaired) electrons. The second kappa shape index (κ2) is 7.78. The molecular weight excluding hydrogens is 300 g/mol. The van der Waals surface area contributed by atoms with Crippen LogP contribution in [0.1, 0.15) is 47.6 Å². The van der Waals surface area contributed by atoms with Crippen molar-refractivity contribution in [3.63, 3.8) is 0 Å². The number of aromatic nitrogens is 2. The van der Waals surface area contributed by atoms with Crippen molar-refractivity contribution in [2.45, 2.75) is 46.7 Å². The molecule has 2 aromatic rings. The summed E-state index contributed by atoms with van der Waals surface area (Å²) in [5.74, 6) is 0.143. The van der Waals surface area contributed by atoms with Gasteiger partial charge in [0.05, 0.1) is 18.3 Å². The van der Waals surface area contributed by atoms with Crippen LogP contribution in [0.4, 0.5) is 0 Å². The second-order valence-corrected chi connectivity index (χ2v) is 6.57. The van der Waals surface area contributed by atoms with Gasteiger partial charge in [-0.3, -0.25) is 9.48 Å². The Morgan fingerprint density at radius 2 is 2.08 bits per heavy atom. The standard InChI is InChI=1S/C19H24N4O/c1-13(2)8-18(11-20)21-19(24)17-7-5-6-16(10-17)12-23-15(4)9-14(3)22-23/h5-7,9-10,13,18H,8,12H2,1-4H3,(H,21,24)/t18-/m0/s1. The highest BCUT2D eigenvalue weighted by atomic mass is 16.1. The molecule has 5 nitrogen and oxygen atoms in total. The largest absolute Gasteiger partial charge is 0.336 e. The number of hydrogen-bond acceptors (Lipinski definition) is 3. The van der Waals surface area contributed by atoms with Crippen LogP contribution in [0.25, 0.3) is 0 Å². The summed E-state index contributed by atoms with van der Waals surface area (Å²) in [6.07, 6.45) is 0.647. The molecule has 1 N–H and O–H groups in total. The van der Waals surface area contributed by atoms with Gasteiger partial charge in [0.25, 0.3) is 5.91 Å². The number of hydrogen-bond donors (Lipinski definition) is 1. The van der Waals surface area contributed by atoms with Crippen molar-refractivity contribution in [3.8, 4) is 6.07 Å². The first-order valence-corrected chi connectivity index (χ1v) is 8.19. The van der Waals surface area contributed by atoms with Gasteiger partial charge in [-0.25, -0.2) is 0 Å². The second-order valence-electron chi connectivity index (χ2n) is 6.57. The van der Waals surface area contributed by atoms with Gasteiger partial charge in [0, 0.05) is 11.3 Å². The van der Waals surface area contributed by atoms with Crippen LogP contribution in [0.3, 0.4) is 0 Å². The molecular formula is C19H24N4O. The number of benzene rings is 1. The average molecular weight is 324 g/mol. The van der Waals surface area contributed by atoms with Crippen molar-refractivity contribution in [3.05, 3.63) is 52.8 Å². The van der Waals surface area contributed by atoms with Crippen LogP contribution in [0.2, 0.25) is 0 Å². The minimum absolute atomic E-state index is 0.211. The first-order valence-electron chi connectivity index (χ1n) is 8.19. The lowest BCUT2D eigenvalue weighted by atomic mass is 10.0. The van der Waals surface area contributed by atoms with Crippen molar-refractivity contribution in [1.29, 1.82) is 5.26 Å². The fraction of sp³-hybridized carbons (Fsp3) is 0.421. The molecule has 0 aliphatic carbocycles. The number of nitrogens with one attached hydrogen (secondary N) is 1. The van der Waals surface area contributed by atoms with E-state index in [-0.39, 0.29) is 5.91 Å². The van der Waals surface area contributed by atoms with E-state index in [1.54, 1.807) is 6.07 Å². The van der Waals surface area contributed by atoms with Gasteiger partial charge in [-0.15, -0.1) is 0 Å². The van der Waals surface area contributed by atoms with Gasteiger partial charge in [0.15, 0.2) is 0 Å². The molecule has 5 heteroatoms. The number of amides is 1. The third-order valence-corrected chi connectivity index (χ3v) is 3.79. The van der Waals surface area contributed by atoms with Gasteiger partial charge in [0.2, 0.25) is 0 Å². The fourth-order valence-corrected chi connectivity index (χ4v) is 2.68. The van der Waals surface area contributed by atoms with E-state index in [2.05, 4.69) is 16.5 Å². The molecule has 0 aliphatic rings. The summed E-state index contributed by atoms with van der Waals surface area (Å²) in [5, 5.41) is 16.4. The minimum atomic E-state index is -0.461. The van der Waals surface area contributed by atoms with E-state index < -0.39 is 6.04 Å². The first-order chi connectivity index (χ1) is 11.4. The summed E-state index contributed by atoms with van der Waals surface area (Å²) in [6.45, 7) is 8.66. The summed E-state index contributed by atoms with van der Waals surface area (Å²) in [5.41, 5.74) is 3.64. The molecule has 126 valence electrons. The molecule has 1 atom stereocenters. The Bertz CT molecular complexity index is 755. The lowest BCUT2D eigenvalue weighted by Gasteiger charge is -2.14. The van der Waals surface area contributed by atoms with E-state index in [1.165, 1.54) is 0 Å². The highest BCUT2D eigenvalue weighted by molar-refractivity contribution is 5.94. The summed E-state index contributed by atoms with van der Waals surface area (Å²) in [6, 6.07) is 11.2. The maximum Gasteiger partial charge on any atom is 0.252 e. The zero-order valence-corrected chi connectivity index (χ0v) is 14.7. The zero-order chi connectivity index (χ0) is 17.7. The number of carbonyl (C=O) groups excluding carboxylic acids is 1. The Morgan fingerprint density at radius 3 is 2.67 bits per heavy atom. The van der Waals surface area contributed by atoms with E-state index in [0.29, 0.717) is 24.4 Å². The third-order valence-electron chi connectivity index (χ3n) is 3.79. The van der Waals surface area contributed by atoms with E-state index in [1.807, 2.05) is 56.6 Å². The van der Waals surface area contributed by atoms with Gasteiger partial charge in [-0.2, -0.15) is 10.4 Å². The molecule has 2 rings (SSSR count). The molecule has 1 heterocycles. The molecule has 0 unspecified atom stereocenters. The van der Waals surface area contributed by atoms with Crippen molar-refractivity contribution in [2.24, 2.45) is 5.92 Å². The van der Waals surface area contributed by atoms with Crippen molar-refractivity contribution < 1.29 is 4.79 Å². The molecule has 1 amide bonds. The predicted molar refractivity (Wildman–Crippen MR) is 93.6 cm³/mol. The van der Waals surface area contributed by atoms with E-state index in [9.17, 15) is 10.1 Å². The van der Waals surface area contributed by atoms with Gasteiger partial charge in [0.1, 0.15) is 6.04 Å². The third kappa shape index (κ3) is 4.69. The van der Waals surface area contributed by atoms with Gasteiger partial charge < -0.3 is 5.32 Å². The Hall–Kier alpha value is -2.61. The van der Waals surface area contributed by atoms with E-state index in [0.717, 1.165) is 17.0 Å². The van der Waals surface area contributed by atoms with Crippen LogP contribution in [0.15, 0.2) is 30.3 Å². The molecule has 0 aliphatic heterocycles. The SMILES string of the molecule is Cc1cc(C)n(Cc2cccc(C(=O)N[C@H](C#N)CC(C)C)c2)n1. The van der Waals surface area contributed by atoms with Crippen LogP contribution in [0, 0.1) is 31.1 Å². The highest BCUT2D eigenvalue weighted by Gasteiger charge is 2.15. The zero-order valence-electron chi connectivity index (χ0n) is 14.7. The van der Waals surface area contributed by atoms with Crippen LogP contribution in [-0.2, 0) is 6.54 Å². The van der Waals surface area contributed by atoms with Crippen LogP contribution >= 0.6 is 0 Å². The van der Waals surface area contributed by atoms with E-state index in [4.69, 9.17) is 0 Å². The van der Waals surface area contributed by atoms with Gasteiger partial charge in [-0.05, 0) is 49.9 Å².